The summed E-state index contributed by atoms with van der Waals surface area (Å²) >= 11 is 12.5. The Morgan fingerprint density at radius 1 is 1.10 bits per heavy atom. The second-order valence-electron chi connectivity index (χ2n) is 12.0. The summed E-state index contributed by atoms with van der Waals surface area (Å²) in [4.78, 5) is 36.5. The number of carboxylic acids is 1. The van der Waals surface area contributed by atoms with Crippen LogP contribution in [0.4, 0.5) is 23.2 Å². The van der Waals surface area contributed by atoms with Crippen LogP contribution in [0.3, 0.4) is 0 Å². The van der Waals surface area contributed by atoms with Gasteiger partial charge in [0.25, 0.3) is 0 Å². The molecule has 0 aromatic heterocycles. The highest BCUT2D eigenvalue weighted by atomic mass is 35.5. The monoisotopic (exact) mass is 616 g/mol. The van der Waals surface area contributed by atoms with Crippen LogP contribution in [0.25, 0.3) is 0 Å². The number of fused-ring (bicyclic) bond motifs is 2. The van der Waals surface area contributed by atoms with Crippen molar-refractivity contribution in [3.63, 3.8) is 0 Å². The third kappa shape index (κ3) is 6.24. The minimum Gasteiger partial charge on any atom is -0.475 e. The molecule has 2 aromatic rings. The quantitative estimate of drug-likeness (QED) is 0.318. The van der Waals surface area contributed by atoms with Crippen molar-refractivity contribution < 1.29 is 37.1 Å². The number of carbonyl (C=O) groups is 3. The van der Waals surface area contributed by atoms with Gasteiger partial charge in [-0.1, -0.05) is 62.2 Å². The SMILES string of the molecule is CC(C)(C)C[C@@H]1N[C@@H](C(=O)CC2CC2)[C@H](c2cccc(Cl)c2F)[C@]12C(=O)Nc1cc(Cl)ccc12.O=C(O)C(F)(F)F. The Bertz CT molecular complexity index is 1370. The van der Waals surface area contributed by atoms with Gasteiger partial charge in [0.05, 0.1) is 11.1 Å². The van der Waals surface area contributed by atoms with Crippen molar-refractivity contribution in [2.45, 2.75) is 76.0 Å². The highest BCUT2D eigenvalue weighted by molar-refractivity contribution is 6.31. The number of alkyl halides is 3. The molecule has 1 spiro atoms. The molecular weight excluding hydrogens is 587 g/mol. The third-order valence-electron chi connectivity index (χ3n) is 7.71. The number of nitrogens with one attached hydrogen (secondary N) is 2. The number of carbonyl (C=O) groups excluding carboxylic acids is 2. The van der Waals surface area contributed by atoms with Crippen molar-refractivity contribution in [1.29, 1.82) is 0 Å². The summed E-state index contributed by atoms with van der Waals surface area (Å²) in [5.74, 6) is -3.92. The van der Waals surface area contributed by atoms with Gasteiger partial charge in [-0.2, -0.15) is 13.2 Å². The predicted octanol–water partition coefficient (Wildman–Crippen LogP) is 6.89. The van der Waals surface area contributed by atoms with E-state index >= 15 is 4.39 Å². The maximum atomic E-state index is 15.6. The molecule has 1 aliphatic carbocycles. The molecule has 0 radical (unpaired) electrons. The first-order valence-electron chi connectivity index (χ1n) is 13.1. The van der Waals surface area contributed by atoms with Gasteiger partial charge >= 0.3 is 12.1 Å². The first-order chi connectivity index (χ1) is 19.0. The standard InChI is InChI=1S/C27H29Cl2FN2O2.C2HF3O2/c1-26(2,3)13-21-27(17-10-9-15(28)12-19(17)31-25(27)34)22(16-5-4-6-18(29)23(16)30)24(32-21)20(33)11-14-7-8-14;3-2(4,5)1(6)7/h4-6,9-10,12,14,21-22,24,32H,7-8,11,13H2,1-3H3,(H,31,34);(H,6,7)/t21-,22-,24-,27+;/m0./s1. The summed E-state index contributed by atoms with van der Waals surface area (Å²) in [5, 5.41) is 14.2. The van der Waals surface area contributed by atoms with Crippen LogP contribution < -0.4 is 10.6 Å². The number of carboxylic acid groups (broad SMARTS) is 1. The normalized spacial score (nSPS) is 25.4. The number of hydrogen-bond acceptors (Lipinski definition) is 4. The fourth-order valence-electron chi connectivity index (χ4n) is 5.94. The molecule has 3 N–H and O–H groups in total. The van der Waals surface area contributed by atoms with Crippen LogP contribution >= 0.6 is 23.2 Å². The van der Waals surface area contributed by atoms with Crippen molar-refractivity contribution in [2.75, 3.05) is 5.32 Å². The number of ketones is 1. The van der Waals surface area contributed by atoms with Crippen molar-refractivity contribution in [2.24, 2.45) is 11.3 Å². The van der Waals surface area contributed by atoms with Gasteiger partial charge in [0.2, 0.25) is 5.91 Å². The molecule has 4 atom stereocenters. The molecule has 1 saturated carbocycles. The van der Waals surface area contributed by atoms with Gasteiger partial charge in [-0.3, -0.25) is 9.59 Å². The Morgan fingerprint density at radius 3 is 2.29 bits per heavy atom. The lowest BCUT2D eigenvalue weighted by Gasteiger charge is -2.37. The van der Waals surface area contributed by atoms with E-state index < -0.39 is 35.3 Å². The van der Waals surface area contributed by atoms with Crippen molar-refractivity contribution in [1.82, 2.24) is 5.32 Å². The zero-order chi connectivity index (χ0) is 30.5. The highest BCUT2D eigenvalue weighted by Crippen LogP contribution is 2.57. The van der Waals surface area contributed by atoms with Crippen molar-refractivity contribution >= 4 is 46.5 Å². The lowest BCUT2D eigenvalue weighted by molar-refractivity contribution is -0.192. The molecule has 2 aliphatic heterocycles. The summed E-state index contributed by atoms with van der Waals surface area (Å²) in [6.07, 6.45) is -1.96. The van der Waals surface area contributed by atoms with E-state index in [0.717, 1.165) is 18.4 Å². The van der Waals surface area contributed by atoms with E-state index in [9.17, 15) is 22.8 Å². The van der Waals surface area contributed by atoms with E-state index in [-0.39, 0.29) is 28.2 Å². The fraction of sp³-hybridized carbons (Fsp3) is 0.483. The molecule has 0 bridgehead atoms. The molecule has 2 aromatic carbocycles. The summed E-state index contributed by atoms with van der Waals surface area (Å²) in [6.45, 7) is 6.31. The topological polar surface area (TPSA) is 95.5 Å². The number of benzene rings is 2. The third-order valence-corrected chi connectivity index (χ3v) is 8.24. The Kier molecular flexibility index (Phi) is 8.53. The molecule has 41 heavy (non-hydrogen) atoms. The van der Waals surface area contributed by atoms with Crippen LogP contribution in [0.1, 0.15) is 63.5 Å². The molecule has 222 valence electrons. The number of aliphatic carboxylic acids is 1. The lowest BCUT2D eigenvalue weighted by Crippen LogP contribution is -2.49. The van der Waals surface area contributed by atoms with E-state index in [2.05, 4.69) is 31.4 Å². The minimum atomic E-state index is -5.08. The van der Waals surface area contributed by atoms with Crippen LogP contribution in [0.15, 0.2) is 36.4 Å². The smallest absolute Gasteiger partial charge is 0.475 e. The van der Waals surface area contributed by atoms with Gasteiger partial charge in [-0.15, -0.1) is 0 Å². The van der Waals surface area contributed by atoms with E-state index in [1.165, 1.54) is 6.07 Å². The average Bonchev–Trinajstić information content (AvgIpc) is 3.53. The number of halogens is 6. The fourth-order valence-corrected chi connectivity index (χ4v) is 6.29. The van der Waals surface area contributed by atoms with Gasteiger partial charge in [0, 0.05) is 29.1 Å². The van der Waals surface area contributed by atoms with E-state index in [0.29, 0.717) is 35.0 Å². The summed E-state index contributed by atoms with van der Waals surface area (Å²) in [5.41, 5.74) is 0.327. The number of amides is 1. The molecule has 1 amide bonds. The number of anilines is 1. The lowest BCUT2D eigenvalue weighted by atomic mass is 9.62. The van der Waals surface area contributed by atoms with E-state index in [1.54, 1.807) is 24.3 Å². The number of hydrogen-bond donors (Lipinski definition) is 3. The molecule has 1 saturated heterocycles. The molecule has 12 heteroatoms. The summed E-state index contributed by atoms with van der Waals surface area (Å²) in [7, 11) is 0. The van der Waals surface area contributed by atoms with Gasteiger partial charge in [-0.25, -0.2) is 9.18 Å². The predicted molar refractivity (Wildman–Crippen MR) is 147 cm³/mol. The molecule has 5 rings (SSSR count). The number of Topliss-reactive ketones (excluding diaryl/α,β-unsaturated/α-hetero) is 1. The zero-order valence-corrected chi connectivity index (χ0v) is 24.1. The Labute approximate surface area is 244 Å². The van der Waals surface area contributed by atoms with Crippen molar-refractivity contribution in [3.05, 3.63) is 63.4 Å². The molecule has 2 heterocycles. The maximum Gasteiger partial charge on any atom is 0.490 e. The van der Waals surface area contributed by atoms with E-state index in [1.807, 2.05) is 6.07 Å². The van der Waals surface area contributed by atoms with Gasteiger partial charge < -0.3 is 15.7 Å². The Hall–Kier alpha value is -2.69. The second-order valence-corrected chi connectivity index (χ2v) is 12.9. The summed E-state index contributed by atoms with van der Waals surface area (Å²) in [6, 6.07) is 9.07. The molecule has 2 fully saturated rings. The van der Waals surface area contributed by atoms with Crippen molar-refractivity contribution in [3.8, 4) is 0 Å². The van der Waals surface area contributed by atoms with Crippen LogP contribution in [0, 0.1) is 17.2 Å². The first kappa shape index (κ1) is 31.3. The summed E-state index contributed by atoms with van der Waals surface area (Å²) < 4.78 is 47.3. The molecular formula is C29H30Cl2F4N2O4. The Morgan fingerprint density at radius 2 is 1.73 bits per heavy atom. The van der Waals surface area contributed by atoms with Crippen LogP contribution in [0.5, 0.6) is 0 Å². The molecule has 3 aliphatic rings. The second kappa shape index (κ2) is 11.2. The van der Waals surface area contributed by atoms with Gasteiger partial charge in [0.1, 0.15) is 11.2 Å². The first-order valence-corrected chi connectivity index (χ1v) is 13.9. The van der Waals surface area contributed by atoms with Crippen LogP contribution in [-0.4, -0.2) is 41.0 Å². The largest absolute Gasteiger partial charge is 0.490 e. The van der Waals surface area contributed by atoms with Crippen LogP contribution in [0.2, 0.25) is 10.0 Å². The van der Waals surface area contributed by atoms with Gasteiger partial charge in [-0.05, 0) is 59.9 Å². The van der Waals surface area contributed by atoms with Crippen LogP contribution in [-0.2, 0) is 19.8 Å². The highest BCUT2D eigenvalue weighted by Gasteiger charge is 2.66. The number of rotatable bonds is 5. The molecule has 6 nitrogen and oxygen atoms in total. The van der Waals surface area contributed by atoms with E-state index in [4.69, 9.17) is 33.1 Å². The average molecular weight is 617 g/mol. The maximum absolute atomic E-state index is 15.6. The Balaban J connectivity index is 0.000000493. The zero-order valence-electron chi connectivity index (χ0n) is 22.5. The van der Waals surface area contributed by atoms with Gasteiger partial charge in [0.15, 0.2) is 5.78 Å². The molecule has 0 unspecified atom stereocenters. The minimum absolute atomic E-state index is 0.0185.